The average Bonchev–Trinajstić information content (AvgIpc) is 3.04. The van der Waals surface area contributed by atoms with Gasteiger partial charge in [-0.05, 0) is 18.9 Å². The Balaban J connectivity index is 2.29. The SMILES string of the molecule is [2H]c1nc(NC(=O)C2=C(O)c3c([2H])c([2H])c([2H])c([2H])c3S(=O)(=O)N2C([2H])([2H])[2H])sc1C([2H])([2H])[2H]. The van der Waals surface area contributed by atoms with Crippen molar-refractivity contribution in [3.05, 3.63) is 46.5 Å². The van der Waals surface area contributed by atoms with E-state index in [0.717, 1.165) is 0 Å². The molecule has 2 heterocycles. The molecule has 23 heavy (non-hydrogen) atoms. The van der Waals surface area contributed by atoms with E-state index >= 15 is 0 Å². The highest BCUT2D eigenvalue weighted by Gasteiger charge is 2.37. The first-order valence-corrected chi connectivity index (χ1v) is 7.96. The van der Waals surface area contributed by atoms with Gasteiger partial charge in [-0.25, -0.2) is 13.4 Å². The summed E-state index contributed by atoms with van der Waals surface area (Å²) < 4.78 is 110. The lowest BCUT2D eigenvalue weighted by atomic mass is 10.1. The second-order valence-electron chi connectivity index (χ2n) is 4.08. The number of aliphatic hydroxyl groups is 1. The van der Waals surface area contributed by atoms with E-state index in [9.17, 15) is 18.3 Å². The Morgan fingerprint density at radius 3 is 2.96 bits per heavy atom. The van der Waals surface area contributed by atoms with Gasteiger partial charge >= 0.3 is 0 Å². The zero-order chi connectivity index (χ0) is 26.1. The smallest absolute Gasteiger partial charge is 0.278 e. The van der Waals surface area contributed by atoms with Crippen LogP contribution in [0.4, 0.5) is 5.13 Å². The molecule has 2 N–H and O–H groups in total. The van der Waals surface area contributed by atoms with Crippen molar-refractivity contribution in [2.45, 2.75) is 11.7 Å². The van der Waals surface area contributed by atoms with Crippen LogP contribution in [0.3, 0.4) is 0 Å². The predicted octanol–water partition coefficient (Wildman–Crippen LogP) is 1.95. The Morgan fingerprint density at radius 2 is 2.26 bits per heavy atom. The van der Waals surface area contributed by atoms with E-state index in [-0.39, 0.29) is 0 Å². The Bertz CT molecular complexity index is 1360. The number of carbonyl (C=O) groups excluding carboxylic acids is 1. The van der Waals surface area contributed by atoms with Gasteiger partial charge in [-0.2, -0.15) is 0 Å². The molecule has 3 rings (SSSR count). The number of hydrogen-bond acceptors (Lipinski definition) is 6. The second-order valence-corrected chi connectivity index (χ2v) is 6.81. The highest BCUT2D eigenvalue weighted by atomic mass is 32.2. The molecule has 0 unspecified atom stereocenters. The van der Waals surface area contributed by atoms with Crippen LogP contribution in [0.2, 0.25) is 0 Å². The molecule has 9 heteroatoms. The standard InChI is InChI=1S/C14H13N3O4S2/c1-8-7-15-14(22-8)16-13(19)11-12(18)9-5-3-4-6-10(9)23(20,21)17(11)2/h3-7,18H,1-2H3,(H,15,16,19)/i1D3,2D3,3D,4D,5D,6D,7D. The van der Waals surface area contributed by atoms with Crippen molar-refractivity contribution in [2.75, 3.05) is 12.3 Å². The molecular weight excluding hydrogens is 338 g/mol. The summed E-state index contributed by atoms with van der Waals surface area (Å²) in [4.78, 5) is 14.7. The second kappa shape index (κ2) is 5.36. The number of nitrogens with zero attached hydrogens (tertiary/aromatic N) is 2. The number of fused-ring (bicyclic) bond motifs is 1. The fourth-order valence-corrected chi connectivity index (χ4v) is 3.44. The lowest BCUT2D eigenvalue weighted by Gasteiger charge is -2.28. The Morgan fingerprint density at radius 1 is 1.48 bits per heavy atom. The molecule has 1 aliphatic rings. The number of hydrogen-bond donors (Lipinski definition) is 2. The molecule has 0 bridgehead atoms. The molecule has 2 aromatic rings. The van der Waals surface area contributed by atoms with E-state index < -0.39 is 96.3 Å². The number of amides is 1. The van der Waals surface area contributed by atoms with Gasteiger partial charge < -0.3 is 5.11 Å². The molecule has 0 radical (unpaired) electrons. The third-order valence-electron chi connectivity index (χ3n) is 2.71. The van der Waals surface area contributed by atoms with Crippen molar-refractivity contribution in [3.8, 4) is 0 Å². The van der Waals surface area contributed by atoms with Crippen LogP contribution in [0, 0.1) is 6.85 Å². The van der Waals surface area contributed by atoms with Crippen molar-refractivity contribution in [1.29, 1.82) is 0 Å². The number of benzene rings is 1. The number of thiazole rings is 1. The zero-order valence-electron chi connectivity index (χ0n) is 21.9. The van der Waals surface area contributed by atoms with Crippen molar-refractivity contribution in [1.82, 2.24) is 9.29 Å². The number of anilines is 1. The van der Waals surface area contributed by atoms with E-state index in [1.165, 1.54) is 0 Å². The molecule has 0 saturated carbocycles. The van der Waals surface area contributed by atoms with Gasteiger partial charge in [0, 0.05) is 31.8 Å². The number of carbonyl (C=O) groups is 1. The van der Waals surface area contributed by atoms with Crippen LogP contribution in [-0.4, -0.2) is 35.7 Å². The minimum atomic E-state index is -5.34. The number of aliphatic hydroxyl groups excluding tert-OH is 1. The summed E-state index contributed by atoms with van der Waals surface area (Å²) in [5.74, 6) is -2.97. The van der Waals surface area contributed by atoms with Crippen molar-refractivity contribution < 1.29 is 33.4 Å². The molecule has 0 saturated heterocycles. The maximum atomic E-state index is 13.2. The first-order chi connectivity index (χ1) is 15.3. The van der Waals surface area contributed by atoms with Crippen LogP contribution in [0.5, 0.6) is 0 Å². The van der Waals surface area contributed by atoms with E-state index in [0.29, 0.717) is 11.3 Å². The molecule has 1 amide bonds. The monoisotopic (exact) mass is 362 g/mol. The predicted molar refractivity (Wildman–Crippen MR) is 86.4 cm³/mol. The van der Waals surface area contributed by atoms with Crippen LogP contribution in [-0.2, 0) is 14.8 Å². The summed E-state index contributed by atoms with van der Waals surface area (Å²) in [6.45, 7) is -6.40. The van der Waals surface area contributed by atoms with Gasteiger partial charge in [0.05, 0.1) is 11.7 Å². The number of nitrogens with one attached hydrogen (secondary N) is 1. The Kier molecular flexibility index (Phi) is 1.63. The molecule has 7 nitrogen and oxygen atoms in total. The van der Waals surface area contributed by atoms with Gasteiger partial charge in [-0.3, -0.25) is 14.4 Å². The number of sulfonamides is 1. The number of likely N-dealkylation sites (N-methyl/N-ethyl adjacent to an activating group) is 1. The van der Waals surface area contributed by atoms with Gasteiger partial charge in [-0.15, -0.1) is 11.3 Å². The van der Waals surface area contributed by atoms with E-state index in [1.807, 2.05) is 5.32 Å². The average molecular weight is 362 g/mol. The van der Waals surface area contributed by atoms with Crippen LogP contribution in [0.25, 0.3) is 5.76 Å². The minimum absolute atomic E-state index is 0.337. The normalized spacial score (nSPS) is 24.2. The summed E-state index contributed by atoms with van der Waals surface area (Å²) in [7, 11) is -5.34. The van der Waals surface area contributed by atoms with E-state index in [1.54, 1.807) is 0 Å². The molecule has 1 aromatic heterocycles. The molecule has 1 aromatic carbocycles. The third-order valence-corrected chi connectivity index (χ3v) is 4.88. The van der Waals surface area contributed by atoms with Gasteiger partial charge in [0.25, 0.3) is 15.9 Å². The van der Waals surface area contributed by atoms with Crippen LogP contribution < -0.4 is 5.32 Å². The van der Waals surface area contributed by atoms with Gasteiger partial charge in [0.2, 0.25) is 0 Å². The molecule has 0 fully saturated rings. The summed E-state index contributed by atoms with van der Waals surface area (Å²) in [5, 5.41) is 12.1. The maximum absolute atomic E-state index is 13.2. The lowest BCUT2D eigenvalue weighted by molar-refractivity contribution is -0.113. The van der Waals surface area contributed by atoms with E-state index in [4.69, 9.17) is 15.1 Å². The van der Waals surface area contributed by atoms with Gasteiger partial charge in [-0.1, -0.05) is 12.1 Å². The van der Waals surface area contributed by atoms with Crippen molar-refractivity contribution in [3.63, 3.8) is 0 Å². The molecule has 1 aliphatic heterocycles. The van der Waals surface area contributed by atoms with Gasteiger partial charge in [0.15, 0.2) is 16.6 Å². The molecule has 0 aliphatic carbocycles. The number of aromatic nitrogens is 1. The number of aryl methyl sites for hydroxylation is 1. The zero-order valence-corrected chi connectivity index (χ0v) is 12.5. The first-order valence-electron chi connectivity index (χ1n) is 11.2. The van der Waals surface area contributed by atoms with Crippen LogP contribution in [0.15, 0.2) is 40.9 Å². The van der Waals surface area contributed by atoms with Crippen molar-refractivity contribution in [2.24, 2.45) is 0 Å². The van der Waals surface area contributed by atoms with Gasteiger partial charge in [0.1, 0.15) is 0 Å². The summed E-state index contributed by atoms with van der Waals surface area (Å²) in [6, 6.07) is -4.16. The minimum Gasteiger partial charge on any atom is -0.505 e. The fraction of sp³-hybridized carbons (Fsp3) is 0.143. The fourth-order valence-electron chi connectivity index (χ4n) is 1.74. The summed E-state index contributed by atoms with van der Waals surface area (Å²) in [5.41, 5.74) is -2.42. The third kappa shape index (κ3) is 2.47. The lowest BCUT2D eigenvalue weighted by Crippen LogP contribution is -2.37. The topological polar surface area (TPSA) is 99.6 Å². The Hall–Kier alpha value is -2.39. The Labute approximate surface area is 152 Å². The van der Waals surface area contributed by atoms with Crippen LogP contribution in [0.1, 0.15) is 25.5 Å². The highest BCUT2D eigenvalue weighted by Crippen LogP contribution is 2.34. The first kappa shape index (κ1) is 7.02. The molecule has 0 spiro atoms. The number of rotatable bonds is 2. The maximum Gasteiger partial charge on any atom is 0.278 e. The summed E-state index contributed by atoms with van der Waals surface area (Å²) >= 11 is 0.337. The highest BCUT2D eigenvalue weighted by molar-refractivity contribution is 7.89. The quantitative estimate of drug-likeness (QED) is 0.851. The van der Waals surface area contributed by atoms with Crippen LogP contribution >= 0.6 is 11.3 Å². The van der Waals surface area contributed by atoms with E-state index in [2.05, 4.69) is 4.98 Å². The van der Waals surface area contributed by atoms with Crippen molar-refractivity contribution >= 4 is 38.2 Å². The summed E-state index contributed by atoms with van der Waals surface area (Å²) in [6.07, 6.45) is -0.720. The molecule has 0 atom stereocenters. The molecule has 120 valence electrons. The molecular formula is C14H13N3O4S2. The largest absolute Gasteiger partial charge is 0.505 e.